The fourth-order valence-corrected chi connectivity index (χ4v) is 2.72. The summed E-state index contributed by atoms with van der Waals surface area (Å²) >= 11 is 6.17. The van der Waals surface area contributed by atoms with Gasteiger partial charge in [0, 0.05) is 10.7 Å². The number of unbranched alkanes of at least 4 members (excludes halogenated alkanes) is 1. The van der Waals surface area contributed by atoms with Gasteiger partial charge in [0.1, 0.15) is 5.75 Å². The summed E-state index contributed by atoms with van der Waals surface area (Å²) in [4.78, 5) is 12.3. The number of anilines is 1. The molecule has 3 nitrogen and oxygen atoms in total. The van der Waals surface area contributed by atoms with Crippen molar-refractivity contribution in [1.82, 2.24) is 0 Å². The molecule has 0 aliphatic heterocycles. The summed E-state index contributed by atoms with van der Waals surface area (Å²) in [5, 5.41) is 3.63. The van der Waals surface area contributed by atoms with Gasteiger partial charge in [-0.25, -0.2) is 0 Å². The predicted octanol–water partition coefficient (Wildman–Crippen LogP) is 5.71. The normalized spacial score (nSPS) is 11.9. The molecule has 0 aliphatic rings. The second-order valence-electron chi connectivity index (χ2n) is 6.42. The zero-order valence-corrected chi connectivity index (χ0v) is 16.1. The van der Waals surface area contributed by atoms with Gasteiger partial charge in [-0.2, -0.15) is 0 Å². The van der Waals surface area contributed by atoms with Gasteiger partial charge in [-0.3, -0.25) is 4.79 Å². The molecule has 0 heterocycles. The number of nitrogens with one attached hydrogen (secondary N) is 1. The summed E-state index contributed by atoms with van der Waals surface area (Å²) in [6, 6.07) is 11.7. The third-order valence-corrected chi connectivity index (χ3v) is 4.73. The number of aryl methyl sites for hydroxylation is 3. The molecular formula is C21H26ClNO2. The highest BCUT2D eigenvalue weighted by Gasteiger charge is 2.16. The molecule has 1 amide bonds. The van der Waals surface area contributed by atoms with E-state index in [9.17, 15) is 4.79 Å². The number of amides is 1. The minimum atomic E-state index is -0.597. The predicted molar refractivity (Wildman–Crippen MR) is 105 cm³/mol. The number of carbonyl (C=O) groups excluding carboxylic acids is 1. The Hall–Kier alpha value is -2.00. The second-order valence-corrected chi connectivity index (χ2v) is 6.80. The van der Waals surface area contributed by atoms with Crippen LogP contribution in [0.2, 0.25) is 5.02 Å². The van der Waals surface area contributed by atoms with Crippen LogP contribution in [0.15, 0.2) is 36.4 Å². The van der Waals surface area contributed by atoms with E-state index in [1.54, 1.807) is 6.92 Å². The Morgan fingerprint density at radius 3 is 2.32 bits per heavy atom. The van der Waals surface area contributed by atoms with Crippen molar-refractivity contribution < 1.29 is 9.53 Å². The van der Waals surface area contributed by atoms with Crippen molar-refractivity contribution in [2.75, 3.05) is 5.32 Å². The molecule has 25 heavy (non-hydrogen) atoms. The quantitative estimate of drug-likeness (QED) is 0.688. The maximum Gasteiger partial charge on any atom is 0.265 e. The molecule has 1 N–H and O–H groups in total. The second kappa shape index (κ2) is 8.91. The van der Waals surface area contributed by atoms with Crippen LogP contribution in [-0.4, -0.2) is 12.0 Å². The molecule has 0 bridgehead atoms. The van der Waals surface area contributed by atoms with Crippen LogP contribution in [0.5, 0.6) is 5.75 Å². The molecule has 2 aromatic carbocycles. The summed E-state index contributed by atoms with van der Waals surface area (Å²) in [6.07, 6.45) is 2.83. The van der Waals surface area contributed by atoms with Crippen LogP contribution in [0, 0.1) is 13.8 Å². The first-order valence-corrected chi connectivity index (χ1v) is 9.11. The molecule has 0 aliphatic carbocycles. The van der Waals surface area contributed by atoms with Crippen molar-refractivity contribution in [3.05, 3.63) is 58.1 Å². The molecule has 1 atom stereocenters. The zero-order valence-electron chi connectivity index (χ0n) is 15.4. The minimum Gasteiger partial charge on any atom is -0.481 e. The van der Waals surface area contributed by atoms with E-state index in [4.69, 9.17) is 16.3 Å². The topological polar surface area (TPSA) is 38.3 Å². The largest absolute Gasteiger partial charge is 0.481 e. The van der Waals surface area contributed by atoms with Gasteiger partial charge in [-0.05, 0) is 74.6 Å². The van der Waals surface area contributed by atoms with Gasteiger partial charge in [0.05, 0.1) is 0 Å². The third kappa shape index (κ3) is 5.50. The lowest BCUT2D eigenvalue weighted by molar-refractivity contribution is -0.122. The van der Waals surface area contributed by atoms with E-state index in [-0.39, 0.29) is 5.91 Å². The summed E-state index contributed by atoms with van der Waals surface area (Å²) in [6.45, 7) is 7.77. The number of hydrogen-bond donors (Lipinski definition) is 1. The number of rotatable bonds is 7. The Balaban J connectivity index is 1.96. The first-order valence-electron chi connectivity index (χ1n) is 8.74. The van der Waals surface area contributed by atoms with Gasteiger partial charge < -0.3 is 10.1 Å². The Morgan fingerprint density at radius 2 is 1.76 bits per heavy atom. The monoisotopic (exact) mass is 359 g/mol. The smallest absolute Gasteiger partial charge is 0.265 e. The van der Waals surface area contributed by atoms with Crippen LogP contribution in [0.1, 0.15) is 43.4 Å². The van der Waals surface area contributed by atoms with Crippen molar-refractivity contribution in [1.29, 1.82) is 0 Å². The zero-order chi connectivity index (χ0) is 18.4. The number of hydrogen-bond acceptors (Lipinski definition) is 2. The molecule has 0 spiro atoms. The molecule has 2 rings (SSSR count). The molecule has 0 radical (unpaired) electrons. The van der Waals surface area contributed by atoms with Crippen molar-refractivity contribution in [2.24, 2.45) is 0 Å². The van der Waals surface area contributed by atoms with Crippen LogP contribution >= 0.6 is 11.6 Å². The number of benzene rings is 2. The molecule has 2 aromatic rings. The van der Waals surface area contributed by atoms with Gasteiger partial charge in [0.25, 0.3) is 5.91 Å². The van der Waals surface area contributed by atoms with Gasteiger partial charge in [0.2, 0.25) is 0 Å². The lowest BCUT2D eigenvalue weighted by atomic mass is 10.1. The van der Waals surface area contributed by atoms with Crippen molar-refractivity contribution in [2.45, 2.75) is 53.1 Å². The van der Waals surface area contributed by atoms with Gasteiger partial charge in [-0.15, -0.1) is 0 Å². The highest BCUT2D eigenvalue weighted by atomic mass is 35.5. The molecule has 4 heteroatoms. The lowest BCUT2D eigenvalue weighted by Crippen LogP contribution is -2.30. The SMILES string of the molecule is CCCCc1ccc(NC(=O)C(C)Oc2cc(C)c(Cl)c(C)c2)cc1. The summed E-state index contributed by atoms with van der Waals surface area (Å²) in [7, 11) is 0. The molecule has 0 saturated heterocycles. The van der Waals surface area contributed by atoms with Crippen molar-refractivity contribution in [3.8, 4) is 5.75 Å². The number of halogens is 1. The summed E-state index contributed by atoms with van der Waals surface area (Å²) in [5.41, 5.74) is 3.94. The molecule has 1 unspecified atom stereocenters. The van der Waals surface area contributed by atoms with Crippen molar-refractivity contribution in [3.63, 3.8) is 0 Å². The van der Waals surface area contributed by atoms with E-state index >= 15 is 0 Å². The third-order valence-electron chi connectivity index (χ3n) is 4.13. The molecule has 0 saturated carbocycles. The molecule has 0 aromatic heterocycles. The van der Waals surface area contributed by atoms with Gasteiger partial charge in [0.15, 0.2) is 6.10 Å². The van der Waals surface area contributed by atoms with E-state index in [2.05, 4.69) is 24.4 Å². The highest BCUT2D eigenvalue weighted by Crippen LogP contribution is 2.26. The average Bonchev–Trinajstić information content (AvgIpc) is 2.59. The summed E-state index contributed by atoms with van der Waals surface area (Å²) < 4.78 is 5.77. The standard InChI is InChI=1S/C21H26ClNO2/c1-5-6-7-17-8-10-18(11-9-17)23-21(24)16(4)25-19-12-14(2)20(22)15(3)13-19/h8-13,16H,5-7H2,1-4H3,(H,23,24). The van der Waals surface area contributed by atoms with Gasteiger partial charge in [-0.1, -0.05) is 37.1 Å². The number of ether oxygens (including phenoxy) is 1. The van der Waals surface area contributed by atoms with E-state index in [1.807, 2.05) is 38.1 Å². The average molecular weight is 360 g/mol. The van der Waals surface area contributed by atoms with E-state index < -0.39 is 6.10 Å². The Labute approximate surface area is 155 Å². The maximum absolute atomic E-state index is 12.3. The number of carbonyl (C=O) groups is 1. The Morgan fingerprint density at radius 1 is 1.16 bits per heavy atom. The van der Waals surface area contributed by atoms with Crippen LogP contribution in [0.25, 0.3) is 0 Å². The van der Waals surface area contributed by atoms with E-state index in [1.165, 1.54) is 18.4 Å². The molecule has 0 fully saturated rings. The van der Waals surface area contributed by atoms with Crippen LogP contribution in [0.4, 0.5) is 5.69 Å². The maximum atomic E-state index is 12.3. The molecular weight excluding hydrogens is 334 g/mol. The van der Waals surface area contributed by atoms with Crippen LogP contribution in [-0.2, 0) is 11.2 Å². The Kier molecular flexibility index (Phi) is 6.89. The van der Waals surface area contributed by atoms with Crippen LogP contribution < -0.4 is 10.1 Å². The highest BCUT2D eigenvalue weighted by molar-refractivity contribution is 6.32. The van der Waals surface area contributed by atoms with Crippen molar-refractivity contribution >= 4 is 23.2 Å². The lowest BCUT2D eigenvalue weighted by Gasteiger charge is -2.16. The van der Waals surface area contributed by atoms with E-state index in [0.717, 1.165) is 28.3 Å². The Bertz CT molecular complexity index is 702. The minimum absolute atomic E-state index is 0.174. The molecule has 134 valence electrons. The summed E-state index contributed by atoms with van der Waals surface area (Å²) in [5.74, 6) is 0.475. The fourth-order valence-electron chi connectivity index (χ4n) is 2.61. The first-order chi connectivity index (χ1) is 11.9. The van der Waals surface area contributed by atoms with E-state index in [0.29, 0.717) is 5.75 Å². The fraction of sp³-hybridized carbons (Fsp3) is 0.381. The van der Waals surface area contributed by atoms with Gasteiger partial charge >= 0.3 is 0 Å². The first kappa shape index (κ1) is 19.3. The van der Waals surface area contributed by atoms with Crippen LogP contribution in [0.3, 0.4) is 0 Å².